The minimum Gasteiger partial charge on any atom is -0.434 e. The fraction of sp³-hybridized carbons (Fsp3) is 0.214. The zero-order chi connectivity index (χ0) is 24.2. The molecule has 174 valence electrons. The van der Waals surface area contributed by atoms with E-state index >= 15 is 0 Å². The molecule has 34 heavy (non-hydrogen) atoms. The average molecular weight is 474 g/mol. The van der Waals surface area contributed by atoms with E-state index in [1.54, 1.807) is 6.07 Å². The van der Waals surface area contributed by atoms with E-state index in [4.69, 9.17) is 16.0 Å². The van der Waals surface area contributed by atoms with Gasteiger partial charge in [-0.25, -0.2) is 4.79 Å². The van der Waals surface area contributed by atoms with E-state index in [1.807, 2.05) is 66.7 Å². The Bertz CT molecular complexity index is 1270. The fourth-order valence-corrected chi connectivity index (χ4v) is 4.11. The number of halogens is 1. The van der Waals surface area contributed by atoms with Gasteiger partial charge in [0.2, 0.25) is 5.89 Å². The molecule has 3 aromatic carbocycles. The zero-order valence-electron chi connectivity index (χ0n) is 19.7. The highest BCUT2D eigenvalue weighted by Crippen LogP contribution is 2.37. The van der Waals surface area contributed by atoms with E-state index in [0.29, 0.717) is 28.1 Å². The van der Waals surface area contributed by atoms with Gasteiger partial charge in [0.25, 0.3) is 0 Å². The fourth-order valence-electron chi connectivity index (χ4n) is 3.88. The maximum atomic E-state index is 13.2. The second-order valence-electron chi connectivity index (χ2n) is 8.74. The lowest BCUT2D eigenvalue weighted by molar-refractivity contribution is 0.262. The predicted molar refractivity (Wildman–Crippen MR) is 140 cm³/mol. The zero-order valence-corrected chi connectivity index (χ0v) is 20.5. The molecule has 1 aromatic heterocycles. The summed E-state index contributed by atoms with van der Waals surface area (Å²) in [6.07, 6.45) is 0. The van der Waals surface area contributed by atoms with Crippen molar-refractivity contribution in [3.8, 4) is 22.8 Å². The molecule has 0 aliphatic rings. The number of hydrogen-bond donors (Lipinski definition) is 2. The van der Waals surface area contributed by atoms with E-state index in [9.17, 15) is 4.79 Å². The number of carbonyl (C=O) groups excluding carboxylic acids is 1. The smallest absolute Gasteiger partial charge is 0.324 e. The van der Waals surface area contributed by atoms with Gasteiger partial charge in [-0.1, -0.05) is 87.8 Å². The van der Waals surface area contributed by atoms with Crippen LogP contribution < -0.4 is 10.6 Å². The number of nitrogens with one attached hydrogen (secondary N) is 2. The quantitative estimate of drug-likeness (QED) is 0.294. The molecule has 4 aromatic rings. The summed E-state index contributed by atoms with van der Waals surface area (Å²) in [5.41, 5.74) is 4.45. The van der Waals surface area contributed by atoms with Gasteiger partial charge in [-0.05, 0) is 47.2 Å². The summed E-state index contributed by atoms with van der Waals surface area (Å²) in [4.78, 5) is 17.8. The number of amides is 2. The molecule has 0 bridgehead atoms. The van der Waals surface area contributed by atoms with Gasteiger partial charge < -0.3 is 9.73 Å². The van der Waals surface area contributed by atoms with Crippen LogP contribution in [0.25, 0.3) is 22.8 Å². The van der Waals surface area contributed by atoms with Crippen molar-refractivity contribution in [1.82, 2.24) is 4.98 Å². The Morgan fingerprint density at radius 2 is 1.44 bits per heavy atom. The van der Waals surface area contributed by atoms with Crippen molar-refractivity contribution in [2.24, 2.45) is 0 Å². The highest BCUT2D eigenvalue weighted by molar-refractivity contribution is 6.33. The van der Waals surface area contributed by atoms with Gasteiger partial charge in [-0.15, -0.1) is 0 Å². The summed E-state index contributed by atoms with van der Waals surface area (Å²) in [5, 5.41) is 6.47. The third-order valence-electron chi connectivity index (χ3n) is 5.61. The molecule has 0 atom stereocenters. The first kappa shape index (κ1) is 23.6. The molecule has 0 radical (unpaired) electrons. The maximum absolute atomic E-state index is 13.2. The summed E-state index contributed by atoms with van der Waals surface area (Å²) in [6, 6.07) is 22.6. The highest BCUT2D eigenvalue weighted by atomic mass is 35.5. The molecule has 2 amide bonds. The molecule has 0 saturated carbocycles. The summed E-state index contributed by atoms with van der Waals surface area (Å²) >= 11 is 6.45. The number of urea groups is 1. The van der Waals surface area contributed by atoms with Crippen molar-refractivity contribution in [3.05, 3.63) is 88.9 Å². The van der Waals surface area contributed by atoms with Crippen molar-refractivity contribution in [3.63, 3.8) is 0 Å². The number of aromatic nitrogens is 1. The topological polar surface area (TPSA) is 67.2 Å². The van der Waals surface area contributed by atoms with Gasteiger partial charge >= 0.3 is 6.03 Å². The summed E-state index contributed by atoms with van der Waals surface area (Å²) in [5.74, 6) is 1.61. The Balaban J connectivity index is 1.71. The molecule has 1 heterocycles. The number of oxazole rings is 1. The molecule has 4 rings (SSSR count). The van der Waals surface area contributed by atoms with Crippen molar-refractivity contribution in [1.29, 1.82) is 0 Å². The maximum Gasteiger partial charge on any atom is 0.324 e. The monoisotopic (exact) mass is 473 g/mol. The van der Waals surface area contributed by atoms with Crippen molar-refractivity contribution in [2.45, 2.75) is 39.5 Å². The summed E-state index contributed by atoms with van der Waals surface area (Å²) in [6.45, 7) is 8.45. The van der Waals surface area contributed by atoms with Crippen molar-refractivity contribution < 1.29 is 9.21 Å². The van der Waals surface area contributed by atoms with E-state index < -0.39 is 6.03 Å². The first-order valence-electron chi connectivity index (χ1n) is 11.4. The van der Waals surface area contributed by atoms with Crippen LogP contribution in [0.4, 0.5) is 16.3 Å². The highest BCUT2D eigenvalue weighted by Gasteiger charge is 2.22. The number of rotatable bonds is 6. The van der Waals surface area contributed by atoms with Gasteiger partial charge in [0.1, 0.15) is 0 Å². The van der Waals surface area contributed by atoms with E-state index in [1.165, 1.54) is 0 Å². The Morgan fingerprint density at radius 1 is 0.824 bits per heavy atom. The van der Waals surface area contributed by atoms with Gasteiger partial charge in [-0.3, -0.25) is 5.32 Å². The molecule has 0 spiro atoms. The Kier molecular flexibility index (Phi) is 7.03. The molecule has 6 heteroatoms. The molecular weight excluding hydrogens is 446 g/mol. The molecule has 0 saturated heterocycles. The van der Waals surface area contributed by atoms with Gasteiger partial charge in [0.15, 0.2) is 11.6 Å². The van der Waals surface area contributed by atoms with Crippen LogP contribution in [0.1, 0.15) is 50.7 Å². The Hall–Kier alpha value is -3.57. The molecule has 0 fully saturated rings. The van der Waals surface area contributed by atoms with Crippen LogP contribution in [0.3, 0.4) is 0 Å². The number of carbonyl (C=O) groups is 1. The van der Waals surface area contributed by atoms with E-state index in [2.05, 4.69) is 43.3 Å². The first-order chi connectivity index (χ1) is 16.3. The molecule has 0 aliphatic heterocycles. The molecule has 0 aliphatic carbocycles. The van der Waals surface area contributed by atoms with E-state index in [-0.39, 0.29) is 11.8 Å². The predicted octanol–water partition coefficient (Wildman–Crippen LogP) is 8.55. The minimum absolute atomic E-state index is 0.254. The Morgan fingerprint density at radius 3 is 2.06 bits per heavy atom. The van der Waals surface area contributed by atoms with Crippen LogP contribution in [0.5, 0.6) is 0 Å². The number of nitrogens with zero attached hydrogens (tertiary/aromatic N) is 1. The number of anilines is 2. The second kappa shape index (κ2) is 10.1. The minimum atomic E-state index is -0.392. The summed E-state index contributed by atoms with van der Waals surface area (Å²) in [7, 11) is 0. The number of hydrogen-bond acceptors (Lipinski definition) is 3. The SMILES string of the molecule is CC(C)c1cccc(C(C)C)c1NC(=O)Nc1nc(-c2ccccc2)oc1-c1ccccc1Cl. The van der Waals surface area contributed by atoms with Gasteiger partial charge in [0, 0.05) is 16.8 Å². The van der Waals surface area contributed by atoms with Gasteiger partial charge in [-0.2, -0.15) is 4.98 Å². The lowest BCUT2D eigenvalue weighted by Gasteiger charge is -2.20. The van der Waals surface area contributed by atoms with Crippen LogP contribution >= 0.6 is 11.6 Å². The third kappa shape index (κ3) is 5.00. The van der Waals surface area contributed by atoms with Gasteiger partial charge in [0.05, 0.1) is 5.02 Å². The van der Waals surface area contributed by atoms with Crippen LogP contribution in [-0.2, 0) is 0 Å². The third-order valence-corrected chi connectivity index (χ3v) is 5.94. The lowest BCUT2D eigenvalue weighted by atomic mass is 9.93. The largest absolute Gasteiger partial charge is 0.434 e. The standard InChI is InChI=1S/C28H28ClN3O2/c1-17(2)20-14-10-15-21(18(3)4)24(20)30-28(33)32-26-25(22-13-8-9-16-23(22)29)34-27(31-26)19-11-6-5-7-12-19/h5-18H,1-4H3,(H2,30,32,33). The van der Waals surface area contributed by atoms with Crippen molar-refractivity contribution >= 4 is 29.1 Å². The molecule has 0 unspecified atom stereocenters. The van der Waals surface area contributed by atoms with Crippen LogP contribution in [0.15, 0.2) is 77.2 Å². The van der Waals surface area contributed by atoms with E-state index in [0.717, 1.165) is 22.4 Å². The second-order valence-corrected chi connectivity index (χ2v) is 9.15. The van der Waals surface area contributed by atoms with Crippen LogP contribution in [0.2, 0.25) is 5.02 Å². The number of para-hydroxylation sites is 1. The number of benzene rings is 3. The van der Waals surface area contributed by atoms with Crippen molar-refractivity contribution in [2.75, 3.05) is 10.6 Å². The average Bonchev–Trinajstić information content (AvgIpc) is 3.23. The van der Waals surface area contributed by atoms with Crippen LogP contribution in [-0.4, -0.2) is 11.0 Å². The molecule has 2 N–H and O–H groups in total. The van der Waals surface area contributed by atoms with Crippen LogP contribution in [0, 0.1) is 0 Å². The first-order valence-corrected chi connectivity index (χ1v) is 11.7. The molecule has 5 nitrogen and oxygen atoms in total. The molecular formula is C28H28ClN3O2. The lowest BCUT2D eigenvalue weighted by Crippen LogP contribution is -2.22. The summed E-state index contributed by atoms with van der Waals surface area (Å²) < 4.78 is 6.10. The Labute approximate surface area is 205 Å². The normalized spacial score (nSPS) is 11.1.